The largest absolute Gasteiger partial charge is 0.242 e. The maximum absolute atomic E-state index is 12.6. The standard InChI is InChI=1S/C16H18N2O2S4/c1-10(2)13-9-22-16(18-13)14-7-15(11(3)23-14)24(19,20)17-8-12-5-4-6-21-12/h4-7,9-10,17H,8H2,1-3H3. The highest BCUT2D eigenvalue weighted by Crippen LogP contribution is 2.36. The third-order valence-electron chi connectivity index (χ3n) is 3.50. The Bertz CT molecular complexity index is 921. The molecule has 0 aliphatic carbocycles. The van der Waals surface area contributed by atoms with Crippen LogP contribution >= 0.6 is 34.0 Å². The van der Waals surface area contributed by atoms with Crippen LogP contribution in [0, 0.1) is 6.92 Å². The first-order chi connectivity index (χ1) is 11.4. The molecular formula is C16H18N2O2S4. The maximum Gasteiger partial charge on any atom is 0.242 e. The summed E-state index contributed by atoms with van der Waals surface area (Å²) in [6, 6.07) is 5.57. The van der Waals surface area contributed by atoms with Gasteiger partial charge in [0.05, 0.1) is 15.5 Å². The Labute approximate surface area is 154 Å². The van der Waals surface area contributed by atoms with Gasteiger partial charge < -0.3 is 0 Å². The van der Waals surface area contributed by atoms with Crippen molar-refractivity contribution in [2.75, 3.05) is 0 Å². The quantitative estimate of drug-likeness (QED) is 0.646. The average Bonchev–Trinajstić information content (AvgIpc) is 3.25. The lowest BCUT2D eigenvalue weighted by Gasteiger charge is -2.04. The number of thiazole rings is 1. The number of nitrogens with zero attached hydrogens (tertiary/aromatic N) is 1. The lowest BCUT2D eigenvalue weighted by molar-refractivity contribution is 0.581. The minimum absolute atomic E-state index is 0.319. The fourth-order valence-corrected chi connectivity index (χ4v) is 6.54. The van der Waals surface area contributed by atoms with Crippen LogP contribution in [0.3, 0.4) is 0 Å². The van der Waals surface area contributed by atoms with Crippen LogP contribution < -0.4 is 4.72 Å². The van der Waals surface area contributed by atoms with Crippen LogP contribution in [0.4, 0.5) is 0 Å². The van der Waals surface area contributed by atoms with E-state index >= 15 is 0 Å². The van der Waals surface area contributed by atoms with Gasteiger partial charge in [-0.2, -0.15) is 0 Å². The molecule has 0 unspecified atom stereocenters. The molecule has 1 N–H and O–H groups in total. The molecule has 0 spiro atoms. The van der Waals surface area contributed by atoms with Gasteiger partial charge in [-0.1, -0.05) is 19.9 Å². The van der Waals surface area contributed by atoms with Crippen LogP contribution in [-0.4, -0.2) is 13.4 Å². The molecule has 0 saturated heterocycles. The van der Waals surface area contributed by atoms with Crippen LogP contribution in [0.15, 0.2) is 33.9 Å². The summed E-state index contributed by atoms with van der Waals surface area (Å²) in [6.07, 6.45) is 0. The van der Waals surface area contributed by atoms with E-state index < -0.39 is 10.0 Å². The molecule has 0 amide bonds. The SMILES string of the molecule is Cc1sc(-c2nc(C(C)C)cs2)cc1S(=O)(=O)NCc1cccs1. The van der Waals surface area contributed by atoms with Gasteiger partial charge in [0.25, 0.3) is 0 Å². The second kappa shape index (κ2) is 7.05. The van der Waals surface area contributed by atoms with Gasteiger partial charge >= 0.3 is 0 Å². The normalized spacial score (nSPS) is 12.2. The van der Waals surface area contributed by atoms with Crippen molar-refractivity contribution in [2.45, 2.75) is 38.1 Å². The number of hydrogen-bond donors (Lipinski definition) is 1. The smallest absolute Gasteiger partial charge is 0.240 e. The van der Waals surface area contributed by atoms with Gasteiger partial charge in [0.15, 0.2) is 0 Å². The molecule has 8 heteroatoms. The molecule has 0 aliphatic rings. The van der Waals surface area contributed by atoms with Gasteiger partial charge in [0.1, 0.15) is 5.01 Å². The number of nitrogens with one attached hydrogen (secondary N) is 1. The van der Waals surface area contributed by atoms with Crippen molar-refractivity contribution >= 4 is 44.0 Å². The van der Waals surface area contributed by atoms with Crippen LogP contribution in [0.25, 0.3) is 9.88 Å². The molecule has 0 bridgehead atoms. The first-order valence-electron chi connectivity index (χ1n) is 7.45. The molecule has 3 rings (SSSR count). The second-order valence-electron chi connectivity index (χ2n) is 5.67. The molecule has 3 heterocycles. The molecule has 0 radical (unpaired) electrons. The van der Waals surface area contributed by atoms with E-state index in [9.17, 15) is 8.42 Å². The summed E-state index contributed by atoms with van der Waals surface area (Å²) in [7, 11) is -3.52. The fraction of sp³-hybridized carbons (Fsp3) is 0.312. The minimum Gasteiger partial charge on any atom is -0.240 e. The zero-order valence-corrected chi connectivity index (χ0v) is 16.8. The summed E-state index contributed by atoms with van der Waals surface area (Å²) in [5.74, 6) is 0.367. The van der Waals surface area contributed by atoms with E-state index in [1.54, 1.807) is 17.4 Å². The number of aromatic nitrogens is 1. The topological polar surface area (TPSA) is 59.1 Å². The maximum atomic E-state index is 12.6. The fourth-order valence-electron chi connectivity index (χ4n) is 2.16. The summed E-state index contributed by atoms with van der Waals surface area (Å²) in [5.41, 5.74) is 1.04. The first kappa shape index (κ1) is 17.8. The molecule has 128 valence electrons. The number of rotatable bonds is 6. The van der Waals surface area contributed by atoms with Crippen molar-refractivity contribution in [3.05, 3.63) is 44.4 Å². The van der Waals surface area contributed by atoms with Gasteiger partial charge in [0.2, 0.25) is 10.0 Å². The Hall–Kier alpha value is -1.06. The molecule has 0 aromatic carbocycles. The van der Waals surface area contributed by atoms with Crippen molar-refractivity contribution in [2.24, 2.45) is 0 Å². The van der Waals surface area contributed by atoms with Gasteiger partial charge in [-0.15, -0.1) is 34.0 Å². The number of hydrogen-bond acceptors (Lipinski definition) is 6. The van der Waals surface area contributed by atoms with Crippen molar-refractivity contribution in [1.29, 1.82) is 0 Å². The second-order valence-corrected chi connectivity index (χ2v) is 10.5. The third-order valence-corrected chi connectivity index (χ3v) is 8.12. The molecule has 3 aromatic heterocycles. The molecule has 0 aliphatic heterocycles. The van der Waals surface area contributed by atoms with E-state index in [1.807, 2.05) is 29.8 Å². The zero-order chi connectivity index (χ0) is 17.3. The zero-order valence-electron chi connectivity index (χ0n) is 13.6. The van der Waals surface area contributed by atoms with Gasteiger partial charge in [-0.05, 0) is 30.4 Å². The Morgan fingerprint density at radius 3 is 2.71 bits per heavy atom. The number of thiophene rings is 2. The Morgan fingerprint density at radius 1 is 1.29 bits per heavy atom. The predicted octanol–water partition coefficient (Wildman–Crippen LogP) is 4.84. The number of aryl methyl sites for hydroxylation is 1. The predicted molar refractivity (Wildman–Crippen MR) is 103 cm³/mol. The molecule has 0 atom stereocenters. The Morgan fingerprint density at radius 2 is 2.08 bits per heavy atom. The van der Waals surface area contributed by atoms with Crippen molar-refractivity contribution in [3.8, 4) is 9.88 Å². The Kier molecular flexibility index (Phi) is 5.22. The van der Waals surface area contributed by atoms with Crippen LogP contribution in [0.1, 0.15) is 35.2 Å². The van der Waals surface area contributed by atoms with Crippen LogP contribution in [0.2, 0.25) is 0 Å². The van der Waals surface area contributed by atoms with Gasteiger partial charge in [0, 0.05) is 21.7 Å². The van der Waals surface area contributed by atoms with Gasteiger partial charge in [-0.3, -0.25) is 0 Å². The van der Waals surface area contributed by atoms with Crippen molar-refractivity contribution in [1.82, 2.24) is 9.71 Å². The summed E-state index contributed by atoms with van der Waals surface area (Å²) in [5, 5.41) is 4.86. The molecule has 0 saturated carbocycles. The molecular weight excluding hydrogens is 380 g/mol. The average molecular weight is 399 g/mol. The van der Waals surface area contributed by atoms with E-state index in [0.29, 0.717) is 17.4 Å². The summed E-state index contributed by atoms with van der Waals surface area (Å²) in [6.45, 7) is 6.36. The van der Waals surface area contributed by atoms with E-state index in [2.05, 4.69) is 23.6 Å². The highest BCUT2D eigenvalue weighted by Gasteiger charge is 2.21. The summed E-state index contributed by atoms with van der Waals surface area (Å²) in [4.78, 5) is 7.65. The van der Waals surface area contributed by atoms with E-state index in [-0.39, 0.29) is 0 Å². The van der Waals surface area contributed by atoms with E-state index in [1.165, 1.54) is 22.7 Å². The highest BCUT2D eigenvalue weighted by molar-refractivity contribution is 7.89. The van der Waals surface area contributed by atoms with Gasteiger partial charge in [-0.25, -0.2) is 18.1 Å². The third kappa shape index (κ3) is 3.78. The lowest BCUT2D eigenvalue weighted by atomic mass is 10.2. The summed E-state index contributed by atoms with van der Waals surface area (Å²) < 4.78 is 27.9. The number of sulfonamides is 1. The van der Waals surface area contributed by atoms with Crippen molar-refractivity contribution in [3.63, 3.8) is 0 Å². The van der Waals surface area contributed by atoms with E-state index in [0.717, 1.165) is 25.3 Å². The van der Waals surface area contributed by atoms with E-state index in [4.69, 9.17) is 0 Å². The first-order valence-corrected chi connectivity index (χ1v) is 11.5. The highest BCUT2D eigenvalue weighted by atomic mass is 32.2. The van der Waals surface area contributed by atoms with Crippen LogP contribution in [-0.2, 0) is 16.6 Å². The summed E-state index contributed by atoms with van der Waals surface area (Å²) >= 11 is 4.57. The monoisotopic (exact) mass is 398 g/mol. The molecule has 0 fully saturated rings. The molecule has 4 nitrogen and oxygen atoms in total. The molecule has 24 heavy (non-hydrogen) atoms. The van der Waals surface area contributed by atoms with Crippen molar-refractivity contribution < 1.29 is 8.42 Å². The van der Waals surface area contributed by atoms with Crippen LogP contribution in [0.5, 0.6) is 0 Å². The minimum atomic E-state index is -3.52. The lowest BCUT2D eigenvalue weighted by Crippen LogP contribution is -2.22. The Balaban J connectivity index is 1.84. The molecule has 3 aromatic rings.